The lowest BCUT2D eigenvalue weighted by Crippen LogP contribution is -2.16. The summed E-state index contributed by atoms with van der Waals surface area (Å²) in [6.07, 6.45) is 4.25. The Morgan fingerprint density at radius 2 is 1.90 bits per heavy atom. The Morgan fingerprint density at radius 1 is 1.10 bits per heavy atom. The molecule has 4 rings (SSSR count). The first-order valence-corrected chi connectivity index (χ1v) is 11.7. The molecule has 0 radical (unpaired) electrons. The van der Waals surface area contributed by atoms with Gasteiger partial charge >= 0.3 is 5.97 Å². The highest BCUT2D eigenvalue weighted by Crippen LogP contribution is 2.40. The van der Waals surface area contributed by atoms with Crippen molar-refractivity contribution in [1.82, 2.24) is 0 Å². The van der Waals surface area contributed by atoms with E-state index < -0.39 is 5.97 Å². The summed E-state index contributed by atoms with van der Waals surface area (Å²) < 4.78 is 5.27. The van der Waals surface area contributed by atoms with Crippen molar-refractivity contribution in [3.8, 4) is 11.1 Å². The van der Waals surface area contributed by atoms with Crippen LogP contribution in [0.3, 0.4) is 0 Å². The van der Waals surface area contributed by atoms with Crippen LogP contribution in [0.5, 0.6) is 0 Å². The maximum Gasteiger partial charge on any atom is 0.341 e. The maximum atomic E-state index is 13.0. The first-order valence-electron chi connectivity index (χ1n) is 9.54. The van der Waals surface area contributed by atoms with E-state index in [0.717, 1.165) is 30.4 Å². The Hall–Kier alpha value is -2.15. The molecule has 0 fully saturated rings. The van der Waals surface area contributed by atoms with Crippen molar-refractivity contribution in [2.45, 2.75) is 32.6 Å². The van der Waals surface area contributed by atoms with Gasteiger partial charge in [-0.25, -0.2) is 4.79 Å². The molecule has 0 saturated heterocycles. The summed E-state index contributed by atoms with van der Waals surface area (Å²) >= 11 is 9.31. The predicted molar refractivity (Wildman–Crippen MR) is 120 cm³/mol. The van der Waals surface area contributed by atoms with E-state index in [4.69, 9.17) is 16.3 Å². The Morgan fingerprint density at radius 3 is 2.69 bits per heavy atom. The van der Waals surface area contributed by atoms with Crippen molar-refractivity contribution >= 4 is 51.2 Å². The van der Waals surface area contributed by atoms with Crippen molar-refractivity contribution in [2.75, 3.05) is 11.9 Å². The van der Waals surface area contributed by atoms with Crippen molar-refractivity contribution in [2.24, 2.45) is 0 Å². The molecule has 29 heavy (non-hydrogen) atoms. The van der Waals surface area contributed by atoms with Gasteiger partial charge in [0.25, 0.3) is 5.91 Å². The monoisotopic (exact) mass is 445 g/mol. The molecule has 0 bridgehead atoms. The van der Waals surface area contributed by atoms with Gasteiger partial charge < -0.3 is 10.1 Å². The molecule has 0 aliphatic heterocycles. The first kappa shape index (κ1) is 20.1. The molecule has 0 saturated carbocycles. The fourth-order valence-corrected chi connectivity index (χ4v) is 5.90. The average Bonchev–Trinajstić information content (AvgIpc) is 3.33. The number of halogens is 1. The number of hydrogen-bond donors (Lipinski definition) is 1. The zero-order valence-corrected chi connectivity index (χ0v) is 18.3. The number of amides is 1. The van der Waals surface area contributed by atoms with Crippen LogP contribution in [0.1, 0.15) is 50.9 Å². The third-order valence-corrected chi connectivity index (χ3v) is 7.28. The van der Waals surface area contributed by atoms with Crippen LogP contribution in [0.4, 0.5) is 5.00 Å². The number of carbonyl (C=O) groups is 2. The van der Waals surface area contributed by atoms with Crippen molar-refractivity contribution < 1.29 is 14.3 Å². The van der Waals surface area contributed by atoms with Crippen LogP contribution in [0.15, 0.2) is 35.0 Å². The van der Waals surface area contributed by atoms with Crippen LogP contribution in [-0.2, 0) is 17.6 Å². The molecular weight excluding hydrogens is 426 g/mol. The summed E-state index contributed by atoms with van der Waals surface area (Å²) in [5, 5.41) is 7.75. The van der Waals surface area contributed by atoms with Gasteiger partial charge in [-0.1, -0.05) is 29.8 Å². The Bertz CT molecular complexity index is 1070. The van der Waals surface area contributed by atoms with Gasteiger partial charge in [0.05, 0.1) is 12.2 Å². The second-order valence-corrected chi connectivity index (χ2v) is 9.02. The summed E-state index contributed by atoms with van der Waals surface area (Å²) in [4.78, 5) is 27.0. The maximum absolute atomic E-state index is 13.0. The molecule has 7 heteroatoms. The predicted octanol–water partition coefficient (Wildman–Crippen LogP) is 6.44. The third-order valence-electron chi connectivity index (χ3n) is 4.97. The van der Waals surface area contributed by atoms with E-state index >= 15 is 0 Å². The number of nitrogens with one attached hydrogen (secondary N) is 1. The number of ether oxygens (including phenoxy) is 1. The standard InChI is InChI=1S/C22H20ClNO3S2/c1-2-27-22(26)19-15(13-7-3-5-9-17(13)23)11-29-21(19)24-20(25)16-12-28-18-10-6-4-8-14(16)18/h3,5,7,9,11-12H,2,4,6,8,10H2,1H3,(H,24,25). The van der Waals surface area contributed by atoms with Gasteiger partial charge in [0.1, 0.15) is 10.6 Å². The highest BCUT2D eigenvalue weighted by Gasteiger charge is 2.26. The van der Waals surface area contributed by atoms with Gasteiger partial charge in [0.15, 0.2) is 0 Å². The molecule has 1 aromatic carbocycles. The normalized spacial score (nSPS) is 13.0. The lowest BCUT2D eigenvalue weighted by atomic mass is 9.95. The van der Waals surface area contributed by atoms with Gasteiger partial charge in [0, 0.05) is 31.8 Å². The highest BCUT2D eigenvalue weighted by atomic mass is 35.5. The van der Waals surface area contributed by atoms with Crippen LogP contribution in [0.2, 0.25) is 5.02 Å². The molecule has 150 valence electrons. The summed E-state index contributed by atoms with van der Waals surface area (Å²) in [7, 11) is 0. The lowest BCUT2D eigenvalue weighted by Gasteiger charge is -2.13. The molecule has 1 amide bonds. The van der Waals surface area contributed by atoms with Gasteiger partial charge in [-0.2, -0.15) is 0 Å². The molecule has 0 spiro atoms. The van der Waals surface area contributed by atoms with Crippen LogP contribution >= 0.6 is 34.3 Å². The summed E-state index contributed by atoms with van der Waals surface area (Å²) in [5.41, 5.74) is 3.62. The quantitative estimate of drug-likeness (QED) is 0.460. The molecule has 2 heterocycles. The fourth-order valence-electron chi connectivity index (χ4n) is 3.59. The smallest absolute Gasteiger partial charge is 0.341 e. The summed E-state index contributed by atoms with van der Waals surface area (Å²) in [6, 6.07) is 7.34. The fraction of sp³-hybridized carbons (Fsp3) is 0.273. The van der Waals surface area contributed by atoms with Crippen molar-refractivity contribution in [3.05, 3.63) is 61.6 Å². The molecule has 3 aromatic rings. The summed E-state index contributed by atoms with van der Waals surface area (Å²) in [5.74, 6) is -0.645. The number of rotatable bonds is 5. The number of aryl methyl sites for hydroxylation is 1. The number of benzene rings is 1. The molecule has 0 atom stereocenters. The second kappa shape index (κ2) is 8.69. The van der Waals surface area contributed by atoms with Crippen LogP contribution in [0.25, 0.3) is 11.1 Å². The minimum Gasteiger partial charge on any atom is -0.462 e. The number of esters is 1. The van der Waals surface area contributed by atoms with Crippen LogP contribution in [-0.4, -0.2) is 18.5 Å². The zero-order valence-electron chi connectivity index (χ0n) is 15.9. The van der Waals surface area contributed by atoms with Crippen molar-refractivity contribution in [1.29, 1.82) is 0 Å². The minimum absolute atomic E-state index is 0.178. The average molecular weight is 446 g/mol. The lowest BCUT2D eigenvalue weighted by molar-refractivity contribution is 0.0529. The van der Waals surface area contributed by atoms with E-state index in [1.807, 2.05) is 29.0 Å². The molecule has 1 N–H and O–H groups in total. The number of anilines is 1. The first-order chi connectivity index (χ1) is 14.1. The molecule has 0 unspecified atom stereocenters. The van der Waals surface area contributed by atoms with Crippen LogP contribution in [0, 0.1) is 0 Å². The Labute approximate surface area is 182 Å². The SMILES string of the molecule is CCOC(=O)c1c(-c2ccccc2Cl)csc1NC(=O)c1csc2c1CCCC2. The van der Waals surface area contributed by atoms with E-state index in [0.29, 0.717) is 26.7 Å². The van der Waals surface area contributed by atoms with Crippen LogP contribution < -0.4 is 5.32 Å². The number of thiophene rings is 2. The largest absolute Gasteiger partial charge is 0.462 e. The number of hydrogen-bond acceptors (Lipinski definition) is 5. The molecule has 2 aromatic heterocycles. The summed E-state index contributed by atoms with van der Waals surface area (Å²) in [6.45, 7) is 2.01. The van der Waals surface area contributed by atoms with E-state index in [1.54, 1.807) is 24.3 Å². The zero-order chi connectivity index (χ0) is 20.4. The second-order valence-electron chi connectivity index (χ2n) is 6.77. The molecule has 1 aliphatic rings. The van der Waals surface area contributed by atoms with E-state index in [-0.39, 0.29) is 12.5 Å². The minimum atomic E-state index is -0.466. The molecular formula is C22H20ClNO3S2. The third kappa shape index (κ3) is 3.97. The van der Waals surface area contributed by atoms with E-state index in [9.17, 15) is 9.59 Å². The number of fused-ring (bicyclic) bond motifs is 1. The van der Waals surface area contributed by atoms with E-state index in [1.165, 1.54) is 22.6 Å². The van der Waals surface area contributed by atoms with Gasteiger partial charge in [0.2, 0.25) is 0 Å². The highest BCUT2D eigenvalue weighted by molar-refractivity contribution is 7.15. The number of carbonyl (C=O) groups excluding carboxylic acids is 2. The van der Waals surface area contributed by atoms with E-state index in [2.05, 4.69) is 5.32 Å². The Kier molecular flexibility index (Phi) is 6.04. The van der Waals surface area contributed by atoms with Crippen molar-refractivity contribution in [3.63, 3.8) is 0 Å². The molecule has 4 nitrogen and oxygen atoms in total. The van der Waals surface area contributed by atoms with Gasteiger partial charge in [-0.05, 0) is 44.2 Å². The van der Waals surface area contributed by atoms with Gasteiger partial charge in [-0.15, -0.1) is 22.7 Å². The molecule has 1 aliphatic carbocycles. The van der Waals surface area contributed by atoms with Gasteiger partial charge in [-0.3, -0.25) is 4.79 Å². The Balaban J connectivity index is 1.70. The topological polar surface area (TPSA) is 55.4 Å².